The second kappa shape index (κ2) is 11.1. The van der Waals surface area contributed by atoms with Gasteiger partial charge in [-0.15, -0.1) is 0 Å². The van der Waals surface area contributed by atoms with Crippen LogP contribution >= 0.6 is 0 Å². The zero-order valence-corrected chi connectivity index (χ0v) is 20.4. The Bertz CT molecular complexity index is 1050. The quantitative estimate of drug-likeness (QED) is 0.390. The summed E-state index contributed by atoms with van der Waals surface area (Å²) >= 11 is 0. The normalized spacial score (nSPS) is 13.7. The topological polar surface area (TPSA) is 41.5 Å². The van der Waals surface area contributed by atoms with Crippen molar-refractivity contribution in [3.63, 3.8) is 0 Å². The van der Waals surface area contributed by atoms with Crippen molar-refractivity contribution >= 4 is 0 Å². The molecule has 0 fully saturated rings. The van der Waals surface area contributed by atoms with Gasteiger partial charge in [0.1, 0.15) is 5.82 Å². The first-order valence-corrected chi connectivity index (χ1v) is 11.6. The lowest BCUT2D eigenvalue weighted by Crippen LogP contribution is -2.46. The molecule has 3 rings (SSSR count). The molecule has 1 unspecified atom stereocenters. The standard InChI is InChI=1S/C29H36FNO2/c1-20-7-6-8-26(15-20)25-13-11-24(12-14-25)22(3)33-19-27(32)18-31-29(4,5)17-23-10-9-21(2)28(30)16-23/h6-16,22,27,31-32H,17-19H2,1-5H3/t22?,27-/m1/s1. The van der Waals surface area contributed by atoms with E-state index in [2.05, 4.69) is 74.6 Å². The first kappa shape index (κ1) is 25.1. The van der Waals surface area contributed by atoms with Crippen LogP contribution in [0.15, 0.2) is 66.7 Å². The maximum atomic E-state index is 13.8. The van der Waals surface area contributed by atoms with Crippen molar-refractivity contribution in [2.24, 2.45) is 0 Å². The van der Waals surface area contributed by atoms with Crippen molar-refractivity contribution in [1.82, 2.24) is 5.32 Å². The van der Waals surface area contributed by atoms with Crippen LogP contribution in [0.5, 0.6) is 0 Å². The van der Waals surface area contributed by atoms with Crippen LogP contribution in [-0.2, 0) is 11.2 Å². The van der Waals surface area contributed by atoms with Gasteiger partial charge in [-0.25, -0.2) is 4.39 Å². The van der Waals surface area contributed by atoms with Gasteiger partial charge in [-0.3, -0.25) is 0 Å². The van der Waals surface area contributed by atoms with Crippen molar-refractivity contribution in [3.8, 4) is 11.1 Å². The minimum Gasteiger partial charge on any atom is -0.389 e. The molecule has 3 aromatic rings. The van der Waals surface area contributed by atoms with E-state index in [0.29, 0.717) is 18.5 Å². The molecule has 0 bridgehead atoms. The third kappa shape index (κ3) is 7.50. The molecule has 33 heavy (non-hydrogen) atoms. The van der Waals surface area contributed by atoms with Crippen LogP contribution in [0.2, 0.25) is 0 Å². The Morgan fingerprint density at radius 2 is 1.70 bits per heavy atom. The number of rotatable bonds is 10. The molecule has 0 aliphatic heterocycles. The van der Waals surface area contributed by atoms with Crippen LogP contribution in [0.25, 0.3) is 11.1 Å². The third-order valence-corrected chi connectivity index (χ3v) is 5.97. The number of aliphatic hydroxyl groups is 1. The number of benzene rings is 3. The largest absolute Gasteiger partial charge is 0.389 e. The molecule has 0 radical (unpaired) electrons. The first-order valence-electron chi connectivity index (χ1n) is 11.6. The summed E-state index contributed by atoms with van der Waals surface area (Å²) in [6.45, 7) is 10.6. The minimum absolute atomic E-state index is 0.116. The van der Waals surface area contributed by atoms with E-state index in [4.69, 9.17) is 4.74 Å². The van der Waals surface area contributed by atoms with Gasteiger partial charge in [-0.1, -0.05) is 66.2 Å². The van der Waals surface area contributed by atoms with Gasteiger partial charge in [-0.2, -0.15) is 0 Å². The Morgan fingerprint density at radius 3 is 2.36 bits per heavy atom. The molecular weight excluding hydrogens is 413 g/mol. The molecule has 0 saturated heterocycles. The Labute approximate surface area is 197 Å². The summed E-state index contributed by atoms with van der Waals surface area (Å²) in [5.41, 5.74) is 6.00. The van der Waals surface area contributed by atoms with E-state index in [1.54, 1.807) is 19.1 Å². The van der Waals surface area contributed by atoms with E-state index in [1.165, 1.54) is 16.7 Å². The number of hydrogen-bond acceptors (Lipinski definition) is 3. The van der Waals surface area contributed by atoms with E-state index >= 15 is 0 Å². The zero-order chi connectivity index (χ0) is 24.0. The van der Waals surface area contributed by atoms with Crippen molar-refractivity contribution in [2.75, 3.05) is 13.2 Å². The molecule has 0 spiro atoms. The van der Waals surface area contributed by atoms with Gasteiger partial charge in [-0.05, 0) is 74.9 Å². The molecule has 3 aromatic carbocycles. The molecular formula is C29H36FNO2. The number of halogens is 1. The summed E-state index contributed by atoms with van der Waals surface area (Å²) in [4.78, 5) is 0. The number of hydrogen-bond donors (Lipinski definition) is 2. The predicted octanol–water partition coefficient (Wildman–Crippen LogP) is 6.16. The van der Waals surface area contributed by atoms with Gasteiger partial charge in [0.15, 0.2) is 0 Å². The average Bonchev–Trinajstić information content (AvgIpc) is 2.78. The highest BCUT2D eigenvalue weighted by Gasteiger charge is 2.20. The lowest BCUT2D eigenvalue weighted by atomic mass is 9.94. The van der Waals surface area contributed by atoms with Gasteiger partial charge in [0, 0.05) is 12.1 Å². The molecule has 2 atom stereocenters. The van der Waals surface area contributed by atoms with E-state index in [0.717, 1.165) is 11.1 Å². The highest BCUT2D eigenvalue weighted by Crippen LogP contribution is 2.24. The fourth-order valence-electron chi connectivity index (χ4n) is 3.90. The molecule has 176 valence electrons. The lowest BCUT2D eigenvalue weighted by Gasteiger charge is -2.28. The van der Waals surface area contributed by atoms with Crippen molar-refractivity contribution < 1.29 is 14.2 Å². The Morgan fingerprint density at radius 1 is 0.970 bits per heavy atom. The highest BCUT2D eigenvalue weighted by molar-refractivity contribution is 5.64. The fourth-order valence-corrected chi connectivity index (χ4v) is 3.90. The van der Waals surface area contributed by atoms with E-state index < -0.39 is 6.10 Å². The van der Waals surface area contributed by atoms with E-state index in [9.17, 15) is 9.50 Å². The van der Waals surface area contributed by atoms with Crippen molar-refractivity contribution in [1.29, 1.82) is 0 Å². The smallest absolute Gasteiger partial charge is 0.126 e. The highest BCUT2D eigenvalue weighted by atomic mass is 19.1. The number of β-amino-alcohol motifs (C(OH)–C–C–N with tert-alkyl or cyclic N) is 1. The van der Waals surface area contributed by atoms with E-state index in [-0.39, 0.29) is 24.1 Å². The van der Waals surface area contributed by atoms with Gasteiger partial charge in [0.25, 0.3) is 0 Å². The molecule has 2 N–H and O–H groups in total. The summed E-state index contributed by atoms with van der Waals surface area (Å²) in [5, 5.41) is 13.8. The second-order valence-corrected chi connectivity index (χ2v) is 9.65. The summed E-state index contributed by atoms with van der Waals surface area (Å²) < 4.78 is 19.8. The summed E-state index contributed by atoms with van der Waals surface area (Å²) in [6.07, 6.45) is -0.0793. The maximum absolute atomic E-state index is 13.8. The molecule has 0 aliphatic rings. The Kier molecular flexibility index (Phi) is 8.41. The van der Waals surface area contributed by atoms with Crippen molar-refractivity contribution in [3.05, 3.63) is 94.8 Å². The summed E-state index contributed by atoms with van der Waals surface area (Å²) in [7, 11) is 0. The SMILES string of the molecule is Cc1cccc(-c2ccc(C(C)OC[C@H](O)CNC(C)(C)Cc3ccc(C)c(F)c3)cc2)c1. The van der Waals surface area contributed by atoms with Gasteiger partial charge >= 0.3 is 0 Å². The van der Waals surface area contributed by atoms with Crippen LogP contribution in [0.4, 0.5) is 4.39 Å². The Hall–Kier alpha value is -2.53. The molecule has 0 amide bonds. The molecule has 0 aromatic heterocycles. The van der Waals surface area contributed by atoms with Crippen LogP contribution < -0.4 is 5.32 Å². The number of aliphatic hydroxyl groups excluding tert-OH is 1. The van der Waals surface area contributed by atoms with Gasteiger partial charge in [0.05, 0.1) is 18.8 Å². The fraction of sp³-hybridized carbons (Fsp3) is 0.379. The maximum Gasteiger partial charge on any atom is 0.126 e. The van der Waals surface area contributed by atoms with Gasteiger partial charge in [0.2, 0.25) is 0 Å². The predicted molar refractivity (Wildman–Crippen MR) is 134 cm³/mol. The van der Waals surface area contributed by atoms with Crippen molar-refractivity contribution in [2.45, 2.75) is 58.8 Å². The third-order valence-electron chi connectivity index (χ3n) is 5.97. The molecule has 0 aliphatic carbocycles. The monoisotopic (exact) mass is 449 g/mol. The average molecular weight is 450 g/mol. The second-order valence-electron chi connectivity index (χ2n) is 9.65. The minimum atomic E-state index is -0.631. The molecule has 4 heteroatoms. The van der Waals surface area contributed by atoms with Crippen LogP contribution in [0.1, 0.15) is 49.1 Å². The zero-order valence-electron chi connectivity index (χ0n) is 20.4. The lowest BCUT2D eigenvalue weighted by molar-refractivity contribution is -0.00417. The van der Waals surface area contributed by atoms with E-state index in [1.807, 2.05) is 13.0 Å². The summed E-state index contributed by atoms with van der Waals surface area (Å²) in [5.74, 6) is -0.183. The molecule has 0 heterocycles. The number of ether oxygens (including phenoxy) is 1. The Balaban J connectivity index is 1.46. The first-order chi connectivity index (χ1) is 15.6. The van der Waals surface area contributed by atoms with Gasteiger partial charge < -0.3 is 15.2 Å². The number of nitrogens with one attached hydrogen (secondary N) is 1. The molecule has 0 saturated carbocycles. The number of aryl methyl sites for hydroxylation is 2. The van der Waals surface area contributed by atoms with Crippen LogP contribution in [0.3, 0.4) is 0 Å². The van der Waals surface area contributed by atoms with Crippen LogP contribution in [0, 0.1) is 19.7 Å². The summed E-state index contributed by atoms with van der Waals surface area (Å²) in [6, 6.07) is 22.2. The van der Waals surface area contributed by atoms with Crippen LogP contribution in [-0.4, -0.2) is 29.9 Å². The molecule has 3 nitrogen and oxygen atoms in total.